The summed E-state index contributed by atoms with van der Waals surface area (Å²) >= 11 is 0. The maximum absolute atomic E-state index is 12.6. The van der Waals surface area contributed by atoms with E-state index in [4.69, 9.17) is 4.74 Å². The van der Waals surface area contributed by atoms with E-state index in [-0.39, 0.29) is 5.78 Å². The molecule has 2 nitrogen and oxygen atoms in total. The predicted octanol–water partition coefficient (Wildman–Crippen LogP) is 10.2. The minimum absolute atomic E-state index is 0.258. The van der Waals surface area contributed by atoms with Gasteiger partial charge in [-0.3, -0.25) is 4.79 Å². The average Bonchev–Trinajstić information content (AvgIpc) is 2.82. The fourth-order valence-corrected chi connectivity index (χ4v) is 4.43. The van der Waals surface area contributed by atoms with Gasteiger partial charge in [0.25, 0.3) is 0 Å². The summed E-state index contributed by atoms with van der Waals surface area (Å²) in [4.78, 5) is 12.6. The van der Waals surface area contributed by atoms with Gasteiger partial charge in [0.15, 0.2) is 5.78 Å². The summed E-state index contributed by atoms with van der Waals surface area (Å²) in [5.74, 6) is 1.85. The van der Waals surface area contributed by atoms with Crippen molar-refractivity contribution in [3.63, 3.8) is 0 Å². The van der Waals surface area contributed by atoms with Crippen molar-refractivity contribution in [2.24, 2.45) is 0 Å². The molecule has 0 aliphatic rings. The molecule has 182 valence electrons. The topological polar surface area (TPSA) is 26.3 Å². The van der Waals surface area contributed by atoms with E-state index < -0.39 is 0 Å². The van der Waals surface area contributed by atoms with Crippen molar-refractivity contribution in [2.75, 3.05) is 0 Å². The van der Waals surface area contributed by atoms with Crippen LogP contribution in [0.3, 0.4) is 0 Å². The molecule has 0 spiro atoms. The van der Waals surface area contributed by atoms with E-state index in [2.05, 4.69) is 6.92 Å². The molecule has 0 saturated carbocycles. The van der Waals surface area contributed by atoms with Gasteiger partial charge in [-0.2, -0.15) is 0 Å². The van der Waals surface area contributed by atoms with Crippen LogP contribution in [0.25, 0.3) is 0 Å². The van der Waals surface area contributed by atoms with E-state index in [9.17, 15) is 4.79 Å². The van der Waals surface area contributed by atoms with Crippen LogP contribution < -0.4 is 4.74 Å². The van der Waals surface area contributed by atoms with Gasteiger partial charge in [-0.05, 0) is 49.2 Å². The molecule has 0 fully saturated rings. The predicted molar refractivity (Wildman–Crippen MR) is 142 cm³/mol. The number of unbranched alkanes of at least 4 members (excludes halogenated alkanes) is 14. The van der Waals surface area contributed by atoms with Gasteiger partial charge >= 0.3 is 0 Å². The highest BCUT2D eigenvalue weighted by Gasteiger charge is 2.10. The number of aryl methyl sites for hydroxylation is 1. The van der Waals surface area contributed by atoms with E-state index >= 15 is 0 Å². The first kappa shape index (κ1) is 27.2. The Balaban J connectivity index is 1.48. The first-order chi connectivity index (χ1) is 16.2. The number of carbonyl (C=O) groups is 1. The smallest absolute Gasteiger partial charge is 0.163 e. The number of ketones is 1. The number of ether oxygens (including phenoxy) is 1. The molecule has 0 unspecified atom stereocenters. The molecule has 0 saturated heterocycles. The highest BCUT2D eigenvalue weighted by Crippen LogP contribution is 2.24. The number of Topliss-reactive ketones (excluding diaryl/α,β-unsaturated/α-hetero) is 1. The molecule has 0 N–H and O–H groups in total. The lowest BCUT2D eigenvalue weighted by Crippen LogP contribution is -2.02. The molecule has 2 heteroatoms. The lowest BCUT2D eigenvalue weighted by molar-refractivity contribution is 0.0978. The third kappa shape index (κ3) is 12.1. The number of benzene rings is 2. The van der Waals surface area contributed by atoms with Crippen LogP contribution in [0.4, 0.5) is 0 Å². The summed E-state index contributed by atoms with van der Waals surface area (Å²) in [6.07, 6.45) is 20.8. The number of para-hydroxylation sites is 1. The Morgan fingerprint density at radius 2 is 1.15 bits per heavy atom. The first-order valence-electron chi connectivity index (χ1n) is 13.6. The van der Waals surface area contributed by atoms with Crippen molar-refractivity contribution in [3.05, 3.63) is 59.7 Å². The van der Waals surface area contributed by atoms with Crippen LogP contribution >= 0.6 is 0 Å². The first-order valence-corrected chi connectivity index (χ1v) is 13.6. The van der Waals surface area contributed by atoms with Gasteiger partial charge in [0, 0.05) is 12.0 Å². The summed E-state index contributed by atoms with van der Waals surface area (Å²) in [7, 11) is 0. The van der Waals surface area contributed by atoms with Crippen LogP contribution in [0.15, 0.2) is 48.5 Å². The zero-order chi connectivity index (χ0) is 23.6. The van der Waals surface area contributed by atoms with Gasteiger partial charge in [-0.15, -0.1) is 0 Å². The maximum atomic E-state index is 12.6. The molecule has 0 aliphatic heterocycles. The van der Waals surface area contributed by atoms with Gasteiger partial charge in [-0.25, -0.2) is 0 Å². The molecule has 2 aromatic rings. The molecule has 0 radical (unpaired) electrons. The van der Waals surface area contributed by atoms with Gasteiger partial charge < -0.3 is 4.74 Å². The Labute approximate surface area is 203 Å². The minimum Gasteiger partial charge on any atom is -0.457 e. The van der Waals surface area contributed by atoms with Crippen molar-refractivity contribution >= 4 is 5.78 Å². The van der Waals surface area contributed by atoms with Gasteiger partial charge in [0.2, 0.25) is 0 Å². The number of carbonyl (C=O) groups excluding carboxylic acids is 1. The standard InChI is InChI=1S/C31H46O2/c1-3-4-5-6-7-8-9-10-11-12-13-14-15-16-20-23-31(32)30-25-24-29(26-27(30)2)33-28-21-18-17-19-22-28/h17-19,21-22,24-26H,3-16,20,23H2,1-2H3. The fourth-order valence-electron chi connectivity index (χ4n) is 4.43. The molecule has 0 aliphatic carbocycles. The molecule has 2 aromatic carbocycles. The van der Waals surface area contributed by atoms with Crippen LogP contribution in [-0.2, 0) is 0 Å². The largest absolute Gasteiger partial charge is 0.457 e. The Hall–Kier alpha value is -2.09. The molecule has 0 aromatic heterocycles. The SMILES string of the molecule is CCCCCCCCCCCCCCCCCC(=O)c1ccc(Oc2ccccc2)cc1C. The van der Waals surface area contributed by atoms with Gasteiger partial charge in [-0.1, -0.05) is 115 Å². The molecular formula is C31H46O2. The number of rotatable bonds is 19. The average molecular weight is 451 g/mol. The molecule has 0 heterocycles. The normalized spacial score (nSPS) is 11.0. The Morgan fingerprint density at radius 3 is 1.67 bits per heavy atom. The van der Waals surface area contributed by atoms with Crippen LogP contribution in [0.2, 0.25) is 0 Å². The van der Waals surface area contributed by atoms with E-state index in [1.54, 1.807) is 0 Å². The van der Waals surface area contributed by atoms with Crippen molar-refractivity contribution in [1.82, 2.24) is 0 Å². The lowest BCUT2D eigenvalue weighted by Gasteiger charge is -2.09. The molecule has 0 bridgehead atoms. The highest BCUT2D eigenvalue weighted by molar-refractivity contribution is 5.97. The van der Waals surface area contributed by atoms with E-state index in [1.165, 1.54) is 83.5 Å². The van der Waals surface area contributed by atoms with Crippen LogP contribution in [-0.4, -0.2) is 5.78 Å². The van der Waals surface area contributed by atoms with Crippen LogP contribution in [0.5, 0.6) is 11.5 Å². The van der Waals surface area contributed by atoms with Gasteiger partial charge in [0.05, 0.1) is 0 Å². The Bertz CT molecular complexity index is 766. The second-order valence-corrected chi connectivity index (χ2v) is 9.51. The number of hydrogen-bond acceptors (Lipinski definition) is 2. The third-order valence-corrected chi connectivity index (χ3v) is 6.48. The van der Waals surface area contributed by atoms with Crippen molar-refractivity contribution < 1.29 is 9.53 Å². The number of hydrogen-bond donors (Lipinski definition) is 0. The van der Waals surface area contributed by atoms with Crippen molar-refractivity contribution in [2.45, 2.75) is 117 Å². The van der Waals surface area contributed by atoms with Crippen LogP contribution in [0, 0.1) is 6.92 Å². The summed E-state index contributed by atoms with van der Waals surface area (Å²) in [5, 5.41) is 0. The van der Waals surface area contributed by atoms with E-state index in [1.807, 2.05) is 55.5 Å². The lowest BCUT2D eigenvalue weighted by atomic mass is 9.99. The Morgan fingerprint density at radius 1 is 0.636 bits per heavy atom. The zero-order valence-electron chi connectivity index (χ0n) is 21.2. The van der Waals surface area contributed by atoms with Gasteiger partial charge in [0.1, 0.15) is 11.5 Å². The molecule has 0 amide bonds. The van der Waals surface area contributed by atoms with Crippen molar-refractivity contribution in [1.29, 1.82) is 0 Å². The minimum atomic E-state index is 0.258. The zero-order valence-corrected chi connectivity index (χ0v) is 21.2. The fraction of sp³-hybridized carbons (Fsp3) is 0.581. The molecule has 33 heavy (non-hydrogen) atoms. The third-order valence-electron chi connectivity index (χ3n) is 6.48. The second kappa shape index (κ2) is 17.4. The quantitative estimate of drug-likeness (QED) is 0.157. The summed E-state index contributed by atoms with van der Waals surface area (Å²) < 4.78 is 5.87. The molecular weight excluding hydrogens is 404 g/mol. The van der Waals surface area contributed by atoms with E-state index in [0.717, 1.165) is 35.5 Å². The molecule has 2 rings (SSSR count). The molecule has 0 atom stereocenters. The summed E-state index contributed by atoms with van der Waals surface area (Å²) in [6, 6.07) is 15.5. The summed E-state index contributed by atoms with van der Waals surface area (Å²) in [5.41, 5.74) is 1.83. The monoisotopic (exact) mass is 450 g/mol. The Kier molecular flexibility index (Phi) is 14.3. The second-order valence-electron chi connectivity index (χ2n) is 9.51. The highest BCUT2D eigenvalue weighted by atomic mass is 16.5. The summed E-state index contributed by atoms with van der Waals surface area (Å²) in [6.45, 7) is 4.28. The van der Waals surface area contributed by atoms with Crippen molar-refractivity contribution in [3.8, 4) is 11.5 Å². The maximum Gasteiger partial charge on any atom is 0.163 e. The van der Waals surface area contributed by atoms with E-state index in [0.29, 0.717) is 6.42 Å². The van der Waals surface area contributed by atoms with Crippen LogP contribution in [0.1, 0.15) is 126 Å².